The maximum atomic E-state index is 14.7. The molecule has 2 saturated carbocycles. The number of carbonyl (C=O) groups is 1. The van der Waals surface area contributed by atoms with Crippen LogP contribution in [0.15, 0.2) is 78.2 Å². The third kappa shape index (κ3) is 9.02. The molecular formula is C51H60FN9O7S. The van der Waals surface area contributed by atoms with E-state index in [2.05, 4.69) is 72.9 Å². The van der Waals surface area contributed by atoms with Crippen molar-refractivity contribution in [1.82, 2.24) is 29.1 Å². The number of hydrogen-bond acceptors (Lipinski definition) is 12. The van der Waals surface area contributed by atoms with E-state index in [1.54, 1.807) is 26.1 Å². The quantitative estimate of drug-likeness (QED) is 0.0632. The Morgan fingerprint density at radius 1 is 1.04 bits per heavy atom. The fourth-order valence-electron chi connectivity index (χ4n) is 11.6. The van der Waals surface area contributed by atoms with E-state index in [1.165, 1.54) is 59.4 Å². The number of H-pyrrole nitrogens is 1. The molecule has 2 saturated heterocycles. The van der Waals surface area contributed by atoms with Gasteiger partial charge < -0.3 is 29.6 Å². The van der Waals surface area contributed by atoms with E-state index in [1.807, 2.05) is 0 Å². The van der Waals surface area contributed by atoms with Crippen LogP contribution in [0.25, 0.3) is 22.1 Å². The van der Waals surface area contributed by atoms with Gasteiger partial charge in [-0.25, -0.2) is 27.5 Å². The van der Waals surface area contributed by atoms with Crippen LogP contribution in [0.5, 0.6) is 11.5 Å². The van der Waals surface area contributed by atoms with E-state index in [9.17, 15) is 32.8 Å². The molecule has 0 unspecified atom stereocenters. The second kappa shape index (κ2) is 18.0. The molecule has 5 heterocycles. The predicted octanol–water partition coefficient (Wildman–Crippen LogP) is 9.47. The minimum absolute atomic E-state index is 0.0146. The Bertz CT molecular complexity index is 3050. The SMILES string of the molecule is CC(C)c1ccccc1[C@@H]1CCCN1C1CC2(CCN(c3ccc(C(=O)NS(=O)(=O)c4cc([N+](=O)[O-])c(NCC5CCC(C)(O)CC5)c5c4ncn5C)c(Oc4cnc5[nH]cc(F)c5c4)c3)CC2)C1. The van der Waals surface area contributed by atoms with Gasteiger partial charge in [-0.2, -0.15) is 0 Å². The van der Waals surface area contributed by atoms with Crippen LogP contribution in [0.3, 0.4) is 0 Å². The van der Waals surface area contributed by atoms with E-state index in [-0.39, 0.29) is 50.5 Å². The lowest BCUT2D eigenvalue weighted by Gasteiger charge is -2.56. The third-order valence-corrected chi connectivity index (χ3v) is 16.9. The molecule has 3 aromatic carbocycles. The molecule has 4 N–H and O–H groups in total. The highest BCUT2D eigenvalue weighted by molar-refractivity contribution is 7.90. The molecule has 1 amide bonds. The Kier molecular flexibility index (Phi) is 12.2. The van der Waals surface area contributed by atoms with Gasteiger partial charge in [-0.1, -0.05) is 38.1 Å². The van der Waals surface area contributed by atoms with Gasteiger partial charge in [-0.05, 0) is 124 Å². The third-order valence-electron chi connectivity index (χ3n) is 15.6. The molecule has 3 aromatic heterocycles. The van der Waals surface area contributed by atoms with Crippen LogP contribution in [-0.4, -0.2) is 86.6 Å². The number of aliphatic hydroxyl groups is 1. The second-order valence-corrected chi connectivity index (χ2v) is 22.2. The van der Waals surface area contributed by atoms with Crippen molar-refractivity contribution in [3.8, 4) is 11.5 Å². The highest BCUT2D eigenvalue weighted by atomic mass is 32.2. The van der Waals surface area contributed by atoms with Gasteiger partial charge in [-0.15, -0.1) is 0 Å². The van der Waals surface area contributed by atoms with Gasteiger partial charge in [0.15, 0.2) is 0 Å². The lowest BCUT2D eigenvalue weighted by Crippen LogP contribution is -2.54. The highest BCUT2D eigenvalue weighted by Crippen LogP contribution is 2.54. The zero-order valence-electron chi connectivity index (χ0n) is 39.5. The fourth-order valence-corrected chi connectivity index (χ4v) is 12.8. The van der Waals surface area contributed by atoms with Crippen LogP contribution in [-0.2, 0) is 17.1 Å². The van der Waals surface area contributed by atoms with Crippen molar-refractivity contribution in [2.45, 2.75) is 113 Å². The number of rotatable bonds is 13. The number of nitrogens with zero attached hydrogens (tertiary/aromatic N) is 6. The van der Waals surface area contributed by atoms with E-state index < -0.39 is 42.9 Å². The molecule has 0 bridgehead atoms. The summed E-state index contributed by atoms with van der Waals surface area (Å²) in [4.78, 5) is 42.1. The zero-order valence-corrected chi connectivity index (χ0v) is 40.3. The summed E-state index contributed by atoms with van der Waals surface area (Å²) in [6, 6.07) is 17.3. The summed E-state index contributed by atoms with van der Waals surface area (Å²) in [5.74, 6) is -0.846. The van der Waals surface area contributed by atoms with Crippen LogP contribution in [0, 0.1) is 27.3 Å². The molecule has 4 aliphatic rings. The number of aryl methyl sites for hydroxylation is 1. The zero-order chi connectivity index (χ0) is 48.4. The van der Waals surface area contributed by atoms with E-state index in [0.29, 0.717) is 43.0 Å². The summed E-state index contributed by atoms with van der Waals surface area (Å²) in [7, 11) is -3.20. The lowest BCUT2D eigenvalue weighted by molar-refractivity contribution is -0.384. The Labute approximate surface area is 400 Å². The number of ether oxygens (including phenoxy) is 1. The molecule has 1 spiro atoms. The van der Waals surface area contributed by atoms with Crippen LogP contribution in [0.1, 0.15) is 118 Å². The van der Waals surface area contributed by atoms with Crippen molar-refractivity contribution in [3.63, 3.8) is 0 Å². The van der Waals surface area contributed by atoms with Crippen molar-refractivity contribution >= 4 is 55.1 Å². The van der Waals surface area contributed by atoms with Gasteiger partial charge in [0, 0.05) is 62.8 Å². The molecule has 2 aliphatic heterocycles. The summed E-state index contributed by atoms with van der Waals surface area (Å²) in [5.41, 5.74) is 3.09. The average molecular weight is 962 g/mol. The number of nitro benzene ring substituents is 1. The number of nitrogens with one attached hydrogen (secondary N) is 3. The molecule has 6 aromatic rings. The molecule has 364 valence electrons. The van der Waals surface area contributed by atoms with Gasteiger partial charge in [-0.3, -0.25) is 19.8 Å². The number of anilines is 2. The summed E-state index contributed by atoms with van der Waals surface area (Å²) in [6.07, 6.45) is 13.3. The van der Waals surface area contributed by atoms with Crippen LogP contribution in [0.4, 0.5) is 21.5 Å². The first-order valence-corrected chi connectivity index (χ1v) is 25.7. The molecule has 69 heavy (non-hydrogen) atoms. The van der Waals surface area contributed by atoms with Gasteiger partial charge in [0.05, 0.1) is 39.5 Å². The van der Waals surface area contributed by atoms with Crippen LogP contribution < -0.4 is 19.7 Å². The van der Waals surface area contributed by atoms with Gasteiger partial charge >= 0.3 is 0 Å². The smallest absolute Gasteiger partial charge is 0.296 e. The molecule has 1 atom stereocenters. The summed E-state index contributed by atoms with van der Waals surface area (Å²) in [5, 5.41) is 26.4. The normalized spacial score (nSPS) is 22.1. The number of piperidine rings is 1. The van der Waals surface area contributed by atoms with Crippen molar-refractivity contribution in [1.29, 1.82) is 0 Å². The van der Waals surface area contributed by atoms with Crippen molar-refractivity contribution in [3.05, 3.63) is 106 Å². The number of benzene rings is 3. The standard InChI is InChI=1S/C51H60FN9O7S/c1-31(2)36-8-5-6-9-37(36)41-10-7-19-60(41)34-25-51(26-34)17-20-59(21-18-51)33-11-12-38(43(22-33)68-35-23-39-40(52)29-55-48(39)54-28-35)49(62)57-69(66,67)44-24-42(61(64)65)45(47-46(44)56-30-58(47)4)53-27-32-13-15-50(3,63)16-14-32/h5-6,8-9,11-12,22-24,28-32,34,41,53,63H,7,10,13-21,25-27H2,1-4H3,(H,54,55)(H,57,62)/t32?,41-,50?/m0/s1. The Hall–Kier alpha value is -6.11. The summed E-state index contributed by atoms with van der Waals surface area (Å²) < 4.78 is 53.3. The Morgan fingerprint density at radius 2 is 1.80 bits per heavy atom. The molecule has 16 nitrogen and oxygen atoms in total. The maximum Gasteiger partial charge on any atom is 0.296 e. The second-order valence-electron chi connectivity index (χ2n) is 20.5. The van der Waals surface area contributed by atoms with E-state index in [4.69, 9.17) is 4.74 Å². The maximum absolute atomic E-state index is 14.7. The number of sulfonamides is 1. The van der Waals surface area contributed by atoms with Crippen molar-refractivity contribution in [2.75, 3.05) is 36.4 Å². The van der Waals surface area contributed by atoms with E-state index in [0.717, 1.165) is 69.9 Å². The number of pyridine rings is 1. The first-order valence-electron chi connectivity index (χ1n) is 24.2. The van der Waals surface area contributed by atoms with E-state index >= 15 is 0 Å². The molecule has 0 radical (unpaired) electrons. The minimum Gasteiger partial charge on any atom is -0.455 e. The van der Waals surface area contributed by atoms with Crippen molar-refractivity contribution < 1.29 is 32.4 Å². The predicted molar refractivity (Wildman–Crippen MR) is 262 cm³/mol. The molecule has 18 heteroatoms. The number of carbonyl (C=O) groups excluding carboxylic acids is 1. The number of likely N-dealkylation sites (tertiary alicyclic amines) is 1. The number of aromatic nitrogens is 4. The minimum atomic E-state index is -4.81. The molecule has 10 rings (SSSR count). The van der Waals surface area contributed by atoms with Gasteiger partial charge in [0.1, 0.15) is 39.1 Å². The average Bonchev–Trinajstić information content (AvgIpc) is 4.06. The number of amides is 1. The van der Waals surface area contributed by atoms with Crippen LogP contribution >= 0.6 is 0 Å². The largest absolute Gasteiger partial charge is 0.455 e. The number of halogens is 1. The monoisotopic (exact) mass is 961 g/mol. The first kappa shape index (κ1) is 46.6. The number of hydrogen-bond donors (Lipinski definition) is 4. The first-order chi connectivity index (χ1) is 33.0. The topological polar surface area (TPSA) is 201 Å². The molecule has 2 aliphatic carbocycles. The highest BCUT2D eigenvalue weighted by Gasteiger charge is 2.50. The summed E-state index contributed by atoms with van der Waals surface area (Å²) >= 11 is 0. The summed E-state index contributed by atoms with van der Waals surface area (Å²) in [6.45, 7) is 9.39. The Balaban J connectivity index is 0.888. The fraction of sp³-hybridized carbons (Fsp3) is 0.471. The van der Waals surface area contributed by atoms with Gasteiger partial charge in [0.2, 0.25) is 0 Å². The lowest BCUT2D eigenvalue weighted by atomic mass is 9.59. The van der Waals surface area contributed by atoms with Gasteiger partial charge in [0.25, 0.3) is 21.6 Å². The van der Waals surface area contributed by atoms with Crippen LogP contribution in [0.2, 0.25) is 0 Å². The molecule has 4 fully saturated rings. The number of imidazole rings is 1. The molecular weight excluding hydrogens is 902 g/mol. The Morgan fingerprint density at radius 3 is 2.54 bits per heavy atom. The number of aromatic amines is 1. The number of fused-ring (bicyclic) bond motifs is 2. The number of nitro groups is 1. The van der Waals surface area contributed by atoms with Crippen molar-refractivity contribution in [2.24, 2.45) is 18.4 Å².